The third-order valence-electron chi connectivity index (χ3n) is 3.51. The Balaban J connectivity index is 2.92. The smallest absolute Gasteiger partial charge is 0.247 e. The summed E-state index contributed by atoms with van der Waals surface area (Å²) in [6, 6.07) is 9.59. The summed E-state index contributed by atoms with van der Waals surface area (Å²) in [5.41, 5.74) is 6.23. The molecule has 21 heavy (non-hydrogen) atoms. The second-order valence-electron chi connectivity index (χ2n) is 6.52. The fourth-order valence-corrected chi connectivity index (χ4v) is 2.27. The topological polar surface area (TPSA) is 49.6 Å². The zero-order valence-electron chi connectivity index (χ0n) is 14.0. The highest BCUT2D eigenvalue weighted by atomic mass is 16.2. The van der Waals surface area contributed by atoms with Crippen LogP contribution in [0.1, 0.15) is 26.3 Å². The minimum atomic E-state index is -0.984. The number of hydrogen-bond donors (Lipinski definition) is 1. The first-order valence-electron chi connectivity index (χ1n) is 7.53. The van der Waals surface area contributed by atoms with Gasteiger partial charge in [-0.1, -0.05) is 44.2 Å². The summed E-state index contributed by atoms with van der Waals surface area (Å²) in [7, 11) is 4.02. The monoisotopic (exact) mass is 291 g/mol. The molecule has 1 atom stereocenters. The molecular formula is C17H29N3O. The summed E-state index contributed by atoms with van der Waals surface area (Å²) >= 11 is 0. The minimum absolute atomic E-state index is 0.00995. The molecule has 1 aromatic rings. The number of hydrogen-bond acceptors (Lipinski definition) is 3. The first kappa shape index (κ1) is 17.7. The maximum Gasteiger partial charge on any atom is 0.247 e. The summed E-state index contributed by atoms with van der Waals surface area (Å²) in [5.74, 6) is 0.409. The van der Waals surface area contributed by atoms with Crippen LogP contribution in [-0.4, -0.2) is 49.4 Å². The molecule has 0 aliphatic heterocycles. The van der Waals surface area contributed by atoms with Crippen molar-refractivity contribution in [1.29, 1.82) is 0 Å². The van der Waals surface area contributed by atoms with E-state index in [0.717, 1.165) is 18.7 Å². The molecule has 0 aromatic heterocycles. The Morgan fingerprint density at radius 2 is 1.76 bits per heavy atom. The molecule has 0 radical (unpaired) electrons. The van der Waals surface area contributed by atoms with E-state index in [9.17, 15) is 4.79 Å². The molecule has 1 amide bonds. The lowest BCUT2D eigenvalue weighted by molar-refractivity contribution is -0.137. The normalized spacial score (nSPS) is 14.3. The van der Waals surface area contributed by atoms with Crippen molar-refractivity contribution in [2.45, 2.75) is 26.3 Å². The summed E-state index contributed by atoms with van der Waals surface area (Å²) in [4.78, 5) is 16.9. The molecular weight excluding hydrogens is 262 g/mol. The Kier molecular flexibility index (Phi) is 6.37. The number of nitrogens with two attached hydrogens (primary N) is 1. The molecule has 118 valence electrons. The van der Waals surface area contributed by atoms with Gasteiger partial charge < -0.3 is 15.5 Å². The lowest BCUT2D eigenvalue weighted by atomic mass is 9.91. The SMILES string of the molecule is CC(C)CN(CCN(C)C)C(=O)C(C)(N)c1ccccc1. The molecule has 0 fully saturated rings. The van der Waals surface area contributed by atoms with Crippen molar-refractivity contribution in [3.05, 3.63) is 35.9 Å². The van der Waals surface area contributed by atoms with Crippen LogP contribution in [0.15, 0.2) is 30.3 Å². The fourth-order valence-electron chi connectivity index (χ4n) is 2.27. The minimum Gasteiger partial charge on any atom is -0.339 e. The van der Waals surface area contributed by atoms with Gasteiger partial charge in [-0.2, -0.15) is 0 Å². The number of rotatable bonds is 7. The Hall–Kier alpha value is -1.39. The van der Waals surface area contributed by atoms with Gasteiger partial charge in [-0.25, -0.2) is 0 Å². The van der Waals surface area contributed by atoms with Crippen molar-refractivity contribution in [1.82, 2.24) is 9.80 Å². The third kappa shape index (κ3) is 5.14. The van der Waals surface area contributed by atoms with Crippen LogP contribution in [0.4, 0.5) is 0 Å². The van der Waals surface area contributed by atoms with Crippen molar-refractivity contribution in [2.24, 2.45) is 11.7 Å². The van der Waals surface area contributed by atoms with Crippen LogP contribution in [0, 0.1) is 5.92 Å². The molecule has 0 bridgehead atoms. The second-order valence-corrected chi connectivity index (χ2v) is 6.52. The van der Waals surface area contributed by atoms with E-state index in [2.05, 4.69) is 18.7 Å². The van der Waals surface area contributed by atoms with E-state index >= 15 is 0 Å². The highest BCUT2D eigenvalue weighted by Crippen LogP contribution is 2.21. The van der Waals surface area contributed by atoms with Gasteiger partial charge in [-0.15, -0.1) is 0 Å². The zero-order valence-corrected chi connectivity index (χ0v) is 14.0. The Morgan fingerprint density at radius 1 is 1.19 bits per heavy atom. The summed E-state index contributed by atoms with van der Waals surface area (Å²) in [6.07, 6.45) is 0. The first-order chi connectivity index (χ1) is 9.75. The van der Waals surface area contributed by atoms with Gasteiger partial charge in [0.05, 0.1) is 0 Å². The molecule has 0 heterocycles. The molecule has 0 spiro atoms. The van der Waals surface area contributed by atoms with Crippen LogP contribution >= 0.6 is 0 Å². The lowest BCUT2D eigenvalue weighted by Crippen LogP contribution is -2.53. The predicted molar refractivity (Wildman–Crippen MR) is 88.0 cm³/mol. The van der Waals surface area contributed by atoms with Gasteiger partial charge in [0.25, 0.3) is 0 Å². The average Bonchev–Trinajstić information content (AvgIpc) is 2.43. The quantitative estimate of drug-likeness (QED) is 0.835. The van der Waals surface area contributed by atoms with Crippen LogP contribution in [0.2, 0.25) is 0 Å². The molecule has 1 rings (SSSR count). The molecule has 0 aliphatic rings. The van der Waals surface area contributed by atoms with Crippen LogP contribution in [0.25, 0.3) is 0 Å². The van der Waals surface area contributed by atoms with E-state index in [4.69, 9.17) is 5.73 Å². The second kappa shape index (κ2) is 7.57. The van der Waals surface area contributed by atoms with Crippen molar-refractivity contribution < 1.29 is 4.79 Å². The van der Waals surface area contributed by atoms with Gasteiger partial charge in [0.15, 0.2) is 0 Å². The molecule has 1 unspecified atom stereocenters. The van der Waals surface area contributed by atoms with Gasteiger partial charge in [-0.05, 0) is 32.5 Å². The molecule has 1 aromatic carbocycles. The van der Waals surface area contributed by atoms with Crippen LogP contribution in [0.3, 0.4) is 0 Å². The third-order valence-corrected chi connectivity index (χ3v) is 3.51. The molecule has 0 saturated carbocycles. The van der Waals surface area contributed by atoms with E-state index in [1.54, 1.807) is 6.92 Å². The van der Waals surface area contributed by atoms with Crippen LogP contribution < -0.4 is 5.73 Å². The fraction of sp³-hybridized carbons (Fsp3) is 0.588. The molecule has 4 heteroatoms. The average molecular weight is 291 g/mol. The van der Waals surface area contributed by atoms with Gasteiger partial charge >= 0.3 is 0 Å². The lowest BCUT2D eigenvalue weighted by Gasteiger charge is -2.34. The van der Waals surface area contributed by atoms with E-state index in [1.807, 2.05) is 49.3 Å². The number of likely N-dealkylation sites (N-methyl/N-ethyl adjacent to an activating group) is 1. The number of benzene rings is 1. The van der Waals surface area contributed by atoms with Gasteiger partial charge in [0, 0.05) is 19.6 Å². The van der Waals surface area contributed by atoms with Gasteiger partial charge in [0.2, 0.25) is 5.91 Å². The van der Waals surface area contributed by atoms with Gasteiger partial charge in [-0.3, -0.25) is 4.79 Å². The number of carbonyl (C=O) groups is 1. The number of carbonyl (C=O) groups excluding carboxylic acids is 1. The van der Waals surface area contributed by atoms with Crippen LogP contribution in [-0.2, 0) is 10.3 Å². The van der Waals surface area contributed by atoms with Crippen molar-refractivity contribution in [3.8, 4) is 0 Å². The predicted octanol–water partition coefficient (Wildman–Crippen LogP) is 1.91. The summed E-state index contributed by atoms with van der Waals surface area (Å²) in [6.45, 7) is 8.30. The zero-order chi connectivity index (χ0) is 16.0. The molecule has 0 saturated heterocycles. The van der Waals surface area contributed by atoms with Crippen molar-refractivity contribution >= 4 is 5.91 Å². The maximum absolute atomic E-state index is 12.9. The summed E-state index contributed by atoms with van der Waals surface area (Å²) in [5, 5.41) is 0. The van der Waals surface area contributed by atoms with Crippen LogP contribution in [0.5, 0.6) is 0 Å². The highest BCUT2D eigenvalue weighted by Gasteiger charge is 2.34. The van der Waals surface area contributed by atoms with E-state index in [0.29, 0.717) is 12.5 Å². The van der Waals surface area contributed by atoms with E-state index in [-0.39, 0.29) is 5.91 Å². The van der Waals surface area contributed by atoms with Gasteiger partial charge in [0.1, 0.15) is 5.54 Å². The molecule has 2 N–H and O–H groups in total. The number of nitrogens with zero attached hydrogens (tertiary/aromatic N) is 2. The number of amides is 1. The van der Waals surface area contributed by atoms with E-state index < -0.39 is 5.54 Å². The van der Waals surface area contributed by atoms with E-state index in [1.165, 1.54) is 0 Å². The largest absolute Gasteiger partial charge is 0.339 e. The standard InChI is InChI=1S/C17H29N3O/c1-14(2)13-20(12-11-19(4)5)16(21)17(3,18)15-9-7-6-8-10-15/h6-10,14H,11-13,18H2,1-5H3. The highest BCUT2D eigenvalue weighted by molar-refractivity contribution is 5.87. The maximum atomic E-state index is 12.9. The van der Waals surface area contributed by atoms with Crippen molar-refractivity contribution in [2.75, 3.05) is 33.7 Å². The first-order valence-corrected chi connectivity index (χ1v) is 7.53. The molecule has 4 nitrogen and oxygen atoms in total. The Labute approximate surface area is 128 Å². The summed E-state index contributed by atoms with van der Waals surface area (Å²) < 4.78 is 0. The Morgan fingerprint density at radius 3 is 2.24 bits per heavy atom. The Bertz CT molecular complexity index is 441. The van der Waals surface area contributed by atoms with Crippen molar-refractivity contribution in [3.63, 3.8) is 0 Å². The molecule has 0 aliphatic carbocycles.